The third kappa shape index (κ3) is 2.96. The van der Waals surface area contributed by atoms with E-state index in [1.54, 1.807) is 12.1 Å². The van der Waals surface area contributed by atoms with Gasteiger partial charge in [0.2, 0.25) is 5.28 Å². The summed E-state index contributed by atoms with van der Waals surface area (Å²) in [7, 11) is 1.84. The fraction of sp³-hybridized carbons (Fsp3) is 0.231. The summed E-state index contributed by atoms with van der Waals surface area (Å²) in [6, 6.07) is 8.49. The maximum Gasteiger partial charge on any atom is 0.224 e. The first-order chi connectivity index (χ1) is 8.56. The zero-order valence-corrected chi connectivity index (χ0v) is 10.9. The summed E-state index contributed by atoms with van der Waals surface area (Å²) in [6.45, 7) is 2.27. The van der Waals surface area contributed by atoms with Crippen LogP contribution >= 0.6 is 11.6 Å². The molecule has 0 bridgehead atoms. The predicted molar refractivity (Wildman–Crippen MR) is 70.3 cm³/mol. The molecule has 0 amide bonds. The van der Waals surface area contributed by atoms with Crippen LogP contribution in [0.1, 0.15) is 11.3 Å². The first kappa shape index (κ1) is 12.8. The van der Waals surface area contributed by atoms with E-state index in [4.69, 9.17) is 11.6 Å². The first-order valence-electron chi connectivity index (χ1n) is 5.52. The van der Waals surface area contributed by atoms with Crippen LogP contribution < -0.4 is 4.90 Å². The summed E-state index contributed by atoms with van der Waals surface area (Å²) >= 11 is 5.81. The molecule has 18 heavy (non-hydrogen) atoms. The van der Waals surface area contributed by atoms with E-state index in [1.165, 1.54) is 6.07 Å². The Morgan fingerprint density at radius 3 is 2.67 bits per heavy atom. The van der Waals surface area contributed by atoms with Gasteiger partial charge >= 0.3 is 0 Å². The van der Waals surface area contributed by atoms with Crippen LogP contribution in [0, 0.1) is 12.7 Å². The highest BCUT2D eigenvalue weighted by Gasteiger charge is 2.08. The summed E-state index contributed by atoms with van der Waals surface area (Å²) in [5.41, 5.74) is 1.40. The van der Waals surface area contributed by atoms with Gasteiger partial charge in [-0.3, -0.25) is 0 Å². The number of nitrogens with zero attached hydrogens (tertiary/aromatic N) is 3. The number of aromatic nitrogens is 2. The lowest BCUT2D eigenvalue weighted by atomic mass is 10.2. The van der Waals surface area contributed by atoms with Crippen molar-refractivity contribution in [2.24, 2.45) is 0 Å². The van der Waals surface area contributed by atoms with Crippen LogP contribution in [0.3, 0.4) is 0 Å². The maximum atomic E-state index is 13.5. The number of halogens is 2. The normalized spacial score (nSPS) is 10.4. The van der Waals surface area contributed by atoms with Gasteiger partial charge in [-0.05, 0) is 24.6 Å². The van der Waals surface area contributed by atoms with E-state index in [0.29, 0.717) is 17.9 Å². The Kier molecular flexibility index (Phi) is 3.77. The molecule has 0 saturated heterocycles. The molecule has 0 unspecified atom stereocenters. The monoisotopic (exact) mass is 265 g/mol. The summed E-state index contributed by atoms with van der Waals surface area (Å²) < 4.78 is 13.5. The summed E-state index contributed by atoms with van der Waals surface area (Å²) in [6.07, 6.45) is 0. The van der Waals surface area contributed by atoms with Gasteiger partial charge in [-0.15, -0.1) is 0 Å². The minimum absolute atomic E-state index is 0.199. The smallest absolute Gasteiger partial charge is 0.224 e. The number of rotatable bonds is 3. The van der Waals surface area contributed by atoms with E-state index in [9.17, 15) is 4.39 Å². The minimum Gasteiger partial charge on any atom is -0.355 e. The van der Waals surface area contributed by atoms with Crippen LogP contribution in [0.4, 0.5) is 10.2 Å². The number of benzene rings is 1. The van der Waals surface area contributed by atoms with Crippen molar-refractivity contribution in [2.45, 2.75) is 13.5 Å². The first-order valence-corrected chi connectivity index (χ1v) is 5.90. The summed E-state index contributed by atoms with van der Waals surface area (Å²) in [5, 5.41) is 0.199. The van der Waals surface area contributed by atoms with E-state index in [1.807, 2.05) is 31.0 Å². The molecule has 0 atom stereocenters. The van der Waals surface area contributed by atoms with Gasteiger partial charge in [0, 0.05) is 30.9 Å². The van der Waals surface area contributed by atoms with Crippen molar-refractivity contribution in [3.05, 3.63) is 52.7 Å². The molecule has 3 nitrogen and oxygen atoms in total. The Morgan fingerprint density at radius 2 is 2.00 bits per heavy atom. The zero-order valence-electron chi connectivity index (χ0n) is 10.2. The molecular weight excluding hydrogens is 253 g/mol. The molecule has 0 aliphatic carbocycles. The summed E-state index contributed by atoms with van der Waals surface area (Å²) in [5.74, 6) is 0.456. The van der Waals surface area contributed by atoms with Crippen LogP contribution in [-0.2, 0) is 6.54 Å². The molecule has 0 aliphatic rings. The Morgan fingerprint density at radius 1 is 1.28 bits per heavy atom. The second-order valence-corrected chi connectivity index (χ2v) is 4.42. The molecule has 2 aromatic rings. The highest BCUT2D eigenvalue weighted by atomic mass is 35.5. The lowest BCUT2D eigenvalue weighted by molar-refractivity contribution is 0.607. The molecule has 0 radical (unpaired) electrons. The molecule has 94 valence electrons. The van der Waals surface area contributed by atoms with Crippen LogP contribution in [0.15, 0.2) is 30.3 Å². The number of hydrogen-bond donors (Lipinski definition) is 0. The van der Waals surface area contributed by atoms with E-state index in [0.717, 1.165) is 5.69 Å². The number of hydrogen-bond acceptors (Lipinski definition) is 3. The molecule has 1 aromatic heterocycles. The standard InChI is InChI=1S/C13H13ClFN3/c1-9-7-12(17-13(14)16-9)18(2)8-10-5-3-4-6-11(10)15/h3-7H,8H2,1-2H3. The van der Waals surface area contributed by atoms with E-state index in [-0.39, 0.29) is 11.1 Å². The van der Waals surface area contributed by atoms with E-state index < -0.39 is 0 Å². The van der Waals surface area contributed by atoms with Crippen molar-refractivity contribution in [3.8, 4) is 0 Å². The Labute approximate surface area is 110 Å². The molecule has 0 aliphatic heterocycles. The Balaban J connectivity index is 2.22. The predicted octanol–water partition coefficient (Wildman–Crippen LogP) is 3.21. The van der Waals surface area contributed by atoms with Crippen LogP contribution in [0.2, 0.25) is 5.28 Å². The number of aryl methyl sites for hydroxylation is 1. The van der Waals surface area contributed by atoms with Gasteiger partial charge in [0.1, 0.15) is 11.6 Å². The van der Waals surface area contributed by atoms with Gasteiger partial charge in [-0.1, -0.05) is 18.2 Å². The van der Waals surface area contributed by atoms with Gasteiger partial charge < -0.3 is 4.90 Å². The molecule has 2 rings (SSSR count). The molecular formula is C13H13ClFN3. The second kappa shape index (κ2) is 5.31. The zero-order chi connectivity index (χ0) is 13.1. The van der Waals surface area contributed by atoms with Gasteiger partial charge in [-0.25, -0.2) is 14.4 Å². The third-order valence-corrected chi connectivity index (χ3v) is 2.74. The lowest BCUT2D eigenvalue weighted by Crippen LogP contribution is -2.19. The molecule has 1 heterocycles. The van der Waals surface area contributed by atoms with Crippen molar-refractivity contribution >= 4 is 17.4 Å². The van der Waals surface area contributed by atoms with Gasteiger partial charge in [0.25, 0.3) is 0 Å². The lowest BCUT2D eigenvalue weighted by Gasteiger charge is -2.18. The third-order valence-electron chi connectivity index (χ3n) is 2.57. The van der Waals surface area contributed by atoms with Crippen LogP contribution in [0.25, 0.3) is 0 Å². The largest absolute Gasteiger partial charge is 0.355 e. The SMILES string of the molecule is Cc1cc(N(C)Cc2ccccc2F)nc(Cl)n1. The highest BCUT2D eigenvalue weighted by Crippen LogP contribution is 2.17. The maximum absolute atomic E-state index is 13.5. The fourth-order valence-electron chi connectivity index (χ4n) is 1.68. The molecule has 0 saturated carbocycles. The molecule has 0 spiro atoms. The van der Waals surface area contributed by atoms with E-state index >= 15 is 0 Å². The fourth-order valence-corrected chi connectivity index (χ4v) is 1.90. The van der Waals surface area contributed by atoms with Crippen molar-refractivity contribution in [1.82, 2.24) is 9.97 Å². The van der Waals surface area contributed by atoms with Crippen molar-refractivity contribution in [3.63, 3.8) is 0 Å². The van der Waals surface area contributed by atoms with Crippen molar-refractivity contribution < 1.29 is 4.39 Å². The van der Waals surface area contributed by atoms with Gasteiger partial charge in [0.15, 0.2) is 0 Å². The molecule has 5 heteroatoms. The average Bonchev–Trinajstić information content (AvgIpc) is 2.31. The highest BCUT2D eigenvalue weighted by molar-refractivity contribution is 6.28. The minimum atomic E-state index is -0.221. The molecule has 0 fully saturated rings. The average molecular weight is 266 g/mol. The Hall–Kier alpha value is -1.68. The summed E-state index contributed by atoms with van der Waals surface area (Å²) in [4.78, 5) is 9.94. The second-order valence-electron chi connectivity index (χ2n) is 4.08. The molecule has 0 N–H and O–H groups in total. The van der Waals surface area contributed by atoms with Crippen molar-refractivity contribution in [2.75, 3.05) is 11.9 Å². The van der Waals surface area contributed by atoms with Crippen LogP contribution in [-0.4, -0.2) is 17.0 Å². The van der Waals surface area contributed by atoms with Crippen molar-refractivity contribution in [1.29, 1.82) is 0 Å². The molecule has 1 aromatic carbocycles. The topological polar surface area (TPSA) is 29.0 Å². The van der Waals surface area contributed by atoms with Gasteiger partial charge in [-0.2, -0.15) is 0 Å². The quantitative estimate of drug-likeness (QED) is 0.798. The number of anilines is 1. The van der Waals surface area contributed by atoms with Gasteiger partial charge in [0.05, 0.1) is 0 Å². The van der Waals surface area contributed by atoms with Crippen LogP contribution in [0.5, 0.6) is 0 Å². The Bertz CT molecular complexity index is 539. The van der Waals surface area contributed by atoms with E-state index in [2.05, 4.69) is 9.97 Å².